The van der Waals surface area contributed by atoms with Gasteiger partial charge in [-0.2, -0.15) is 0 Å². The van der Waals surface area contributed by atoms with Crippen molar-refractivity contribution in [1.82, 2.24) is 4.98 Å². The van der Waals surface area contributed by atoms with Gasteiger partial charge in [0.25, 0.3) is 11.8 Å². The van der Waals surface area contributed by atoms with Crippen LogP contribution in [0.2, 0.25) is 0 Å². The third-order valence-electron chi connectivity index (χ3n) is 7.52. The van der Waals surface area contributed by atoms with Crippen molar-refractivity contribution in [3.05, 3.63) is 124 Å². The Kier molecular flexibility index (Phi) is 9.74. The Hall–Kier alpha value is -5.94. The van der Waals surface area contributed by atoms with Crippen LogP contribution in [0.3, 0.4) is 0 Å². The number of methoxy groups -OCH3 is 1. The summed E-state index contributed by atoms with van der Waals surface area (Å²) >= 11 is 0. The lowest BCUT2D eigenvalue weighted by Crippen LogP contribution is -2.14. The van der Waals surface area contributed by atoms with Gasteiger partial charge in [-0.15, -0.1) is 0 Å². The predicted octanol–water partition coefficient (Wildman–Crippen LogP) is 6.88. The average Bonchev–Trinajstić information content (AvgIpc) is 3.04. The standard InChI is InChI=1S/C38H34N4O4/c1-24-17-26(9-5-4-6-16-43)14-15-34(24)42-38(45)29-11-7-10-27(20-29)19-28-18-25(2)35-32(21-28)36(33(23-40-35)37(39)44)41-30-12-8-13-31(22-30)46-3/h7-8,10-18,20-23H,4,6,19H2,1-3H3,(H2,39,44)(H,40,41)(H,42,45). The van der Waals surface area contributed by atoms with Gasteiger partial charge in [0.05, 0.1) is 23.9 Å². The molecule has 4 N–H and O–H groups in total. The minimum absolute atomic E-state index is 0.218. The minimum atomic E-state index is -0.589. The fourth-order valence-corrected chi connectivity index (χ4v) is 5.25. The molecular formula is C38H34N4O4. The molecule has 0 spiro atoms. The number of nitrogens with zero attached hydrogens (tertiary/aromatic N) is 1. The molecule has 0 aliphatic heterocycles. The summed E-state index contributed by atoms with van der Waals surface area (Å²) < 4.78 is 5.37. The summed E-state index contributed by atoms with van der Waals surface area (Å²) in [4.78, 5) is 40.7. The number of benzene rings is 4. The Balaban J connectivity index is 1.40. The Morgan fingerprint density at radius 1 is 0.957 bits per heavy atom. The monoisotopic (exact) mass is 610 g/mol. The molecule has 1 heterocycles. The number of nitrogens with two attached hydrogens (primary N) is 1. The number of pyridine rings is 1. The number of carbonyl (C=O) groups is 3. The molecule has 0 radical (unpaired) electrons. The Bertz CT molecular complexity index is 2020. The van der Waals surface area contributed by atoms with E-state index >= 15 is 0 Å². The van der Waals surface area contributed by atoms with Gasteiger partial charge in [-0.05, 0) is 91.1 Å². The second kappa shape index (κ2) is 14.2. The molecule has 5 rings (SSSR count). The maximum absolute atomic E-state index is 13.3. The normalized spacial score (nSPS) is 10.5. The smallest absolute Gasteiger partial charge is 0.255 e. The third-order valence-corrected chi connectivity index (χ3v) is 7.52. The Morgan fingerprint density at radius 3 is 2.54 bits per heavy atom. The molecule has 4 aromatic carbocycles. The van der Waals surface area contributed by atoms with Gasteiger partial charge in [-0.1, -0.05) is 36.1 Å². The number of amides is 2. The van der Waals surface area contributed by atoms with Gasteiger partial charge < -0.3 is 25.9 Å². The summed E-state index contributed by atoms with van der Waals surface area (Å²) in [6, 6.07) is 24.6. The van der Waals surface area contributed by atoms with Gasteiger partial charge in [0.2, 0.25) is 0 Å². The summed E-state index contributed by atoms with van der Waals surface area (Å²) in [5.41, 5.74) is 13.9. The SMILES string of the molecule is COc1cccc(Nc2c(C(N)=O)cnc3c(C)cc(Cc4cccc(C(=O)Nc5ccc(C#CCCC=O)cc5C)c4)cc23)c1. The van der Waals surface area contributed by atoms with Crippen LogP contribution >= 0.6 is 0 Å². The zero-order valence-electron chi connectivity index (χ0n) is 25.9. The lowest BCUT2D eigenvalue weighted by Gasteiger charge is -2.16. The molecule has 8 nitrogen and oxygen atoms in total. The highest BCUT2D eigenvalue weighted by Crippen LogP contribution is 2.33. The van der Waals surface area contributed by atoms with E-state index in [2.05, 4.69) is 33.5 Å². The first-order valence-corrected chi connectivity index (χ1v) is 14.8. The van der Waals surface area contributed by atoms with Crippen LogP contribution < -0.4 is 21.1 Å². The molecule has 0 bridgehead atoms. The van der Waals surface area contributed by atoms with Crippen LogP contribution in [0.5, 0.6) is 5.75 Å². The van der Waals surface area contributed by atoms with Crippen molar-refractivity contribution in [2.75, 3.05) is 17.7 Å². The number of anilines is 3. The maximum Gasteiger partial charge on any atom is 0.255 e. The van der Waals surface area contributed by atoms with Crippen LogP contribution in [-0.4, -0.2) is 30.2 Å². The Labute approximate surface area is 268 Å². The Morgan fingerprint density at radius 2 is 1.78 bits per heavy atom. The van der Waals surface area contributed by atoms with Crippen LogP contribution in [0.4, 0.5) is 17.1 Å². The summed E-state index contributed by atoms with van der Waals surface area (Å²) in [6.45, 7) is 3.90. The third kappa shape index (κ3) is 7.40. The molecule has 0 fully saturated rings. The van der Waals surface area contributed by atoms with Gasteiger partial charge >= 0.3 is 0 Å². The zero-order chi connectivity index (χ0) is 32.6. The topological polar surface area (TPSA) is 123 Å². The van der Waals surface area contributed by atoms with Gasteiger partial charge in [0, 0.05) is 53.0 Å². The molecule has 0 saturated heterocycles. The summed E-state index contributed by atoms with van der Waals surface area (Å²) in [6.07, 6.45) is 3.83. The van der Waals surface area contributed by atoms with E-state index in [1.54, 1.807) is 13.2 Å². The van der Waals surface area contributed by atoms with Crippen molar-refractivity contribution in [1.29, 1.82) is 0 Å². The summed E-state index contributed by atoms with van der Waals surface area (Å²) in [5, 5.41) is 7.13. The second-order valence-electron chi connectivity index (χ2n) is 10.9. The molecule has 230 valence electrons. The van der Waals surface area contributed by atoms with Crippen LogP contribution in [0.25, 0.3) is 10.9 Å². The van der Waals surface area contributed by atoms with E-state index in [1.165, 1.54) is 6.20 Å². The number of aryl methyl sites for hydroxylation is 2. The lowest BCUT2D eigenvalue weighted by atomic mass is 9.97. The van der Waals surface area contributed by atoms with Gasteiger partial charge in [0.15, 0.2) is 0 Å². The number of hydrogen-bond donors (Lipinski definition) is 3. The number of rotatable bonds is 10. The van der Waals surface area contributed by atoms with Crippen molar-refractivity contribution in [2.45, 2.75) is 33.1 Å². The number of primary amides is 1. The van der Waals surface area contributed by atoms with Crippen molar-refractivity contribution in [3.63, 3.8) is 0 Å². The number of aromatic nitrogens is 1. The highest BCUT2D eigenvalue weighted by Gasteiger charge is 2.17. The first-order valence-electron chi connectivity index (χ1n) is 14.8. The van der Waals surface area contributed by atoms with Crippen molar-refractivity contribution < 1.29 is 19.1 Å². The van der Waals surface area contributed by atoms with Gasteiger partial charge in [0.1, 0.15) is 12.0 Å². The molecule has 5 aromatic rings. The molecule has 2 amide bonds. The molecule has 0 saturated carbocycles. The van der Waals surface area contributed by atoms with E-state index < -0.39 is 5.91 Å². The van der Waals surface area contributed by atoms with Crippen LogP contribution in [0.15, 0.2) is 85.1 Å². The quantitative estimate of drug-likeness (QED) is 0.0900. The number of fused-ring (bicyclic) bond motifs is 1. The van der Waals surface area contributed by atoms with Gasteiger partial charge in [-0.25, -0.2) is 0 Å². The average molecular weight is 611 g/mol. The van der Waals surface area contributed by atoms with E-state index in [0.29, 0.717) is 42.0 Å². The molecule has 8 heteroatoms. The second-order valence-corrected chi connectivity index (χ2v) is 10.9. The van der Waals surface area contributed by atoms with E-state index in [-0.39, 0.29) is 11.5 Å². The molecular weight excluding hydrogens is 576 g/mol. The molecule has 1 aromatic heterocycles. The lowest BCUT2D eigenvalue weighted by molar-refractivity contribution is -0.107. The fourth-order valence-electron chi connectivity index (χ4n) is 5.25. The van der Waals surface area contributed by atoms with E-state index in [4.69, 9.17) is 10.5 Å². The first-order chi connectivity index (χ1) is 22.2. The maximum atomic E-state index is 13.3. The molecule has 46 heavy (non-hydrogen) atoms. The number of nitrogens with one attached hydrogen (secondary N) is 2. The zero-order valence-corrected chi connectivity index (χ0v) is 25.9. The van der Waals surface area contributed by atoms with Crippen molar-refractivity contribution in [2.24, 2.45) is 5.73 Å². The van der Waals surface area contributed by atoms with E-state index in [9.17, 15) is 14.4 Å². The molecule has 0 aliphatic carbocycles. The van der Waals surface area contributed by atoms with Crippen molar-refractivity contribution in [3.8, 4) is 17.6 Å². The molecule has 0 aliphatic rings. The highest BCUT2D eigenvalue weighted by atomic mass is 16.5. The van der Waals surface area contributed by atoms with E-state index in [0.717, 1.165) is 50.7 Å². The highest BCUT2D eigenvalue weighted by molar-refractivity contribution is 6.08. The van der Waals surface area contributed by atoms with Crippen LogP contribution in [0, 0.1) is 25.7 Å². The molecule has 0 atom stereocenters. The summed E-state index contributed by atoms with van der Waals surface area (Å²) in [7, 11) is 1.60. The van der Waals surface area contributed by atoms with E-state index in [1.807, 2.05) is 80.6 Å². The van der Waals surface area contributed by atoms with Crippen molar-refractivity contribution >= 4 is 46.1 Å². The molecule has 0 unspecified atom stereocenters. The fraction of sp³-hybridized carbons (Fsp3) is 0.158. The first kappa shape index (κ1) is 31.5. The van der Waals surface area contributed by atoms with Crippen LogP contribution in [0.1, 0.15) is 61.4 Å². The largest absolute Gasteiger partial charge is 0.497 e. The number of ether oxygens (including phenoxy) is 1. The number of unbranched alkanes of at least 4 members (excludes halogenated alkanes) is 1. The van der Waals surface area contributed by atoms with Crippen LogP contribution in [-0.2, 0) is 11.2 Å². The predicted molar refractivity (Wildman–Crippen MR) is 182 cm³/mol. The van der Waals surface area contributed by atoms with Gasteiger partial charge in [-0.3, -0.25) is 14.6 Å². The number of hydrogen-bond acceptors (Lipinski definition) is 6. The number of carbonyl (C=O) groups excluding carboxylic acids is 3. The number of aldehydes is 1. The summed E-state index contributed by atoms with van der Waals surface area (Å²) in [5.74, 6) is 5.90. The minimum Gasteiger partial charge on any atom is -0.497 e.